The first-order valence-electron chi connectivity index (χ1n) is 7.23. The quantitative estimate of drug-likeness (QED) is 0.846. The number of hydrogen-bond acceptors (Lipinski definition) is 4. The lowest BCUT2D eigenvalue weighted by atomic mass is 10.2. The van der Waals surface area contributed by atoms with E-state index in [9.17, 15) is 14.0 Å². The summed E-state index contributed by atoms with van der Waals surface area (Å²) in [6.45, 7) is 1.56. The Morgan fingerprint density at radius 2 is 2.00 bits per heavy atom. The van der Waals surface area contributed by atoms with Gasteiger partial charge in [0.05, 0.1) is 11.9 Å². The molecule has 0 spiro atoms. The van der Waals surface area contributed by atoms with Gasteiger partial charge < -0.3 is 10.6 Å². The van der Waals surface area contributed by atoms with E-state index in [1.165, 1.54) is 30.6 Å². The highest BCUT2D eigenvalue weighted by molar-refractivity contribution is 6.05. The normalized spacial score (nSPS) is 13.5. The highest BCUT2D eigenvalue weighted by Gasteiger charge is 2.24. The summed E-state index contributed by atoms with van der Waals surface area (Å²) in [5.41, 5.74) is 1.21. The zero-order valence-electron chi connectivity index (χ0n) is 12.5. The van der Waals surface area contributed by atoms with Crippen molar-refractivity contribution in [2.24, 2.45) is 0 Å². The molecule has 2 N–H and O–H groups in total. The second-order valence-corrected chi connectivity index (χ2v) is 5.46. The molecule has 118 valence electrons. The van der Waals surface area contributed by atoms with Crippen molar-refractivity contribution in [3.05, 3.63) is 53.4 Å². The first-order valence-corrected chi connectivity index (χ1v) is 7.23. The molecule has 23 heavy (non-hydrogen) atoms. The number of aromatic nitrogens is 2. The van der Waals surface area contributed by atoms with Gasteiger partial charge in [-0.15, -0.1) is 0 Å². The lowest BCUT2D eigenvalue weighted by molar-refractivity contribution is 0.0946. The van der Waals surface area contributed by atoms with Crippen molar-refractivity contribution in [3.8, 4) is 0 Å². The van der Waals surface area contributed by atoms with Gasteiger partial charge in [0.1, 0.15) is 5.69 Å². The van der Waals surface area contributed by atoms with E-state index in [-0.39, 0.29) is 17.6 Å². The molecular formula is C16H15FN4O2. The highest BCUT2D eigenvalue weighted by Crippen LogP contribution is 2.19. The molecule has 0 aliphatic heterocycles. The van der Waals surface area contributed by atoms with Crippen LogP contribution in [0.5, 0.6) is 0 Å². The number of aryl methyl sites for hydroxylation is 1. The van der Waals surface area contributed by atoms with Gasteiger partial charge in [0, 0.05) is 23.4 Å². The minimum absolute atomic E-state index is 0.193. The Kier molecular flexibility index (Phi) is 4.01. The number of nitrogens with one attached hydrogen (secondary N) is 2. The third-order valence-corrected chi connectivity index (χ3v) is 3.44. The predicted octanol–water partition coefficient (Wildman–Crippen LogP) is 2.07. The minimum Gasteiger partial charge on any atom is -0.348 e. The zero-order valence-corrected chi connectivity index (χ0v) is 12.5. The molecule has 2 aromatic heterocycles. The average Bonchev–Trinajstić information content (AvgIpc) is 3.35. The fourth-order valence-electron chi connectivity index (χ4n) is 2.01. The summed E-state index contributed by atoms with van der Waals surface area (Å²) in [5.74, 6) is -1.28. The van der Waals surface area contributed by atoms with Gasteiger partial charge in [-0.3, -0.25) is 14.6 Å². The fraction of sp³-hybridized carbons (Fsp3) is 0.250. The Morgan fingerprint density at radius 3 is 2.70 bits per heavy atom. The molecule has 0 saturated heterocycles. The molecule has 6 nitrogen and oxygen atoms in total. The number of anilines is 1. The summed E-state index contributed by atoms with van der Waals surface area (Å²) in [6, 6.07) is 4.64. The predicted molar refractivity (Wildman–Crippen MR) is 81.6 cm³/mol. The second-order valence-electron chi connectivity index (χ2n) is 5.46. The topological polar surface area (TPSA) is 84.0 Å². The van der Waals surface area contributed by atoms with Crippen LogP contribution in [0.1, 0.15) is 39.3 Å². The van der Waals surface area contributed by atoms with Gasteiger partial charge >= 0.3 is 0 Å². The van der Waals surface area contributed by atoms with Crippen molar-refractivity contribution in [2.45, 2.75) is 25.8 Å². The van der Waals surface area contributed by atoms with E-state index < -0.39 is 11.9 Å². The number of hydrogen-bond donors (Lipinski definition) is 2. The number of nitrogens with zero attached hydrogens (tertiary/aromatic N) is 2. The summed E-state index contributed by atoms with van der Waals surface area (Å²) in [6.07, 6.45) is 4.60. The van der Waals surface area contributed by atoms with Crippen molar-refractivity contribution in [3.63, 3.8) is 0 Å². The van der Waals surface area contributed by atoms with Crippen molar-refractivity contribution < 1.29 is 14.0 Å². The molecule has 1 saturated carbocycles. The lowest BCUT2D eigenvalue weighted by Crippen LogP contribution is -2.26. The molecule has 2 heterocycles. The molecular weight excluding hydrogens is 299 g/mol. The Morgan fingerprint density at radius 1 is 1.22 bits per heavy atom. The first-order chi connectivity index (χ1) is 11.0. The van der Waals surface area contributed by atoms with Crippen LogP contribution in [0.15, 0.2) is 30.6 Å². The molecule has 0 bridgehead atoms. The maximum atomic E-state index is 13.1. The van der Waals surface area contributed by atoms with Crippen LogP contribution in [-0.4, -0.2) is 27.8 Å². The van der Waals surface area contributed by atoms with E-state index in [0.29, 0.717) is 16.8 Å². The summed E-state index contributed by atoms with van der Waals surface area (Å²) in [5, 5.41) is 5.43. The molecule has 3 rings (SSSR count). The summed E-state index contributed by atoms with van der Waals surface area (Å²) in [4.78, 5) is 31.7. The largest absolute Gasteiger partial charge is 0.348 e. The molecule has 0 atom stereocenters. The molecule has 1 aliphatic rings. The molecule has 2 aromatic rings. The third kappa shape index (κ3) is 3.68. The Balaban J connectivity index is 1.73. The summed E-state index contributed by atoms with van der Waals surface area (Å²) < 4.78 is 13.1. The number of pyridine rings is 2. The Labute approximate surface area is 132 Å². The summed E-state index contributed by atoms with van der Waals surface area (Å²) >= 11 is 0. The average molecular weight is 314 g/mol. The third-order valence-electron chi connectivity index (χ3n) is 3.44. The van der Waals surface area contributed by atoms with E-state index in [1.54, 1.807) is 6.92 Å². The summed E-state index contributed by atoms with van der Waals surface area (Å²) in [7, 11) is 0. The molecule has 7 heteroatoms. The second kappa shape index (κ2) is 6.12. The number of amides is 2. The number of halogens is 1. The van der Waals surface area contributed by atoms with Crippen molar-refractivity contribution >= 4 is 17.5 Å². The van der Waals surface area contributed by atoms with E-state index >= 15 is 0 Å². The van der Waals surface area contributed by atoms with E-state index in [2.05, 4.69) is 20.6 Å². The van der Waals surface area contributed by atoms with Gasteiger partial charge in [-0.25, -0.2) is 4.98 Å². The SMILES string of the molecule is Cc1cc(NC(=O)c2ccnc(C(=O)NC3CC3)c2)cnc1F. The standard InChI is InChI=1S/C16H15FN4O2/c1-9-6-12(8-19-14(9)17)21-15(22)10-4-5-18-13(7-10)16(23)20-11-2-3-11/h4-8,11H,2-3H2,1H3,(H,20,23)(H,21,22). The van der Waals surface area contributed by atoms with Crippen molar-refractivity contribution in [1.82, 2.24) is 15.3 Å². The molecule has 1 fully saturated rings. The number of carbonyl (C=O) groups excluding carboxylic acids is 2. The van der Waals surface area contributed by atoms with Crippen LogP contribution in [0, 0.1) is 12.9 Å². The molecule has 0 aromatic carbocycles. The Hall–Kier alpha value is -2.83. The minimum atomic E-state index is -0.578. The van der Waals surface area contributed by atoms with Crippen molar-refractivity contribution in [2.75, 3.05) is 5.32 Å². The fourth-order valence-corrected chi connectivity index (χ4v) is 2.01. The van der Waals surface area contributed by atoms with Crippen LogP contribution in [-0.2, 0) is 0 Å². The highest BCUT2D eigenvalue weighted by atomic mass is 19.1. The van der Waals surface area contributed by atoms with Crippen molar-refractivity contribution in [1.29, 1.82) is 0 Å². The van der Waals surface area contributed by atoms with E-state index in [4.69, 9.17) is 0 Å². The maximum absolute atomic E-state index is 13.1. The number of rotatable bonds is 4. The lowest BCUT2D eigenvalue weighted by Gasteiger charge is -2.07. The Bertz CT molecular complexity index is 774. The van der Waals surface area contributed by atoms with Crippen LogP contribution in [0.4, 0.5) is 10.1 Å². The van der Waals surface area contributed by atoms with Crippen LogP contribution >= 0.6 is 0 Å². The monoisotopic (exact) mass is 314 g/mol. The number of carbonyl (C=O) groups is 2. The van der Waals surface area contributed by atoms with E-state index in [1.807, 2.05) is 0 Å². The van der Waals surface area contributed by atoms with Crippen LogP contribution in [0.3, 0.4) is 0 Å². The molecule has 0 unspecified atom stereocenters. The molecule has 1 aliphatic carbocycles. The van der Waals surface area contributed by atoms with E-state index in [0.717, 1.165) is 12.8 Å². The van der Waals surface area contributed by atoms with Gasteiger partial charge in [-0.1, -0.05) is 0 Å². The van der Waals surface area contributed by atoms with Gasteiger partial charge in [0.25, 0.3) is 11.8 Å². The van der Waals surface area contributed by atoms with Gasteiger partial charge in [-0.05, 0) is 38.0 Å². The maximum Gasteiger partial charge on any atom is 0.270 e. The first kappa shape index (κ1) is 15.1. The zero-order chi connectivity index (χ0) is 16.4. The van der Waals surface area contributed by atoms with Gasteiger partial charge in [0.2, 0.25) is 5.95 Å². The van der Waals surface area contributed by atoms with Gasteiger partial charge in [0.15, 0.2) is 0 Å². The van der Waals surface area contributed by atoms with Crippen LogP contribution < -0.4 is 10.6 Å². The molecule has 2 amide bonds. The smallest absolute Gasteiger partial charge is 0.270 e. The van der Waals surface area contributed by atoms with Crippen LogP contribution in [0.25, 0.3) is 0 Å². The van der Waals surface area contributed by atoms with Gasteiger partial charge in [-0.2, -0.15) is 4.39 Å². The molecule has 0 radical (unpaired) electrons. The van der Waals surface area contributed by atoms with Crippen LogP contribution in [0.2, 0.25) is 0 Å².